The highest BCUT2D eigenvalue weighted by Crippen LogP contribution is 2.37. The SMILES string of the molecule is CCOC(=O)C1(Cc2ccc(F)cc2)CCCN(C(=O)C2CCCCC2)C1. The molecule has 1 saturated carbocycles. The summed E-state index contributed by atoms with van der Waals surface area (Å²) < 4.78 is 18.7. The largest absolute Gasteiger partial charge is 0.466 e. The molecule has 1 unspecified atom stereocenters. The summed E-state index contributed by atoms with van der Waals surface area (Å²) in [5.41, 5.74) is 0.160. The Morgan fingerprint density at radius 2 is 1.85 bits per heavy atom. The van der Waals surface area contributed by atoms with Crippen LogP contribution in [0.25, 0.3) is 0 Å². The zero-order valence-electron chi connectivity index (χ0n) is 16.2. The van der Waals surface area contributed by atoms with Crippen LogP contribution in [-0.2, 0) is 20.7 Å². The van der Waals surface area contributed by atoms with Gasteiger partial charge in [0.15, 0.2) is 0 Å². The third-order valence-electron chi connectivity index (χ3n) is 6.01. The maximum atomic E-state index is 13.3. The molecule has 1 aliphatic carbocycles. The van der Waals surface area contributed by atoms with Crippen LogP contribution in [0.5, 0.6) is 0 Å². The highest BCUT2D eigenvalue weighted by Gasteiger charge is 2.45. The lowest BCUT2D eigenvalue weighted by Gasteiger charge is -2.42. The van der Waals surface area contributed by atoms with Gasteiger partial charge in [0.05, 0.1) is 12.0 Å². The number of amides is 1. The van der Waals surface area contributed by atoms with Crippen molar-refractivity contribution in [3.8, 4) is 0 Å². The topological polar surface area (TPSA) is 46.6 Å². The number of carbonyl (C=O) groups excluding carboxylic acids is 2. The molecular formula is C22H30FNO3. The molecule has 2 aliphatic rings. The zero-order chi connectivity index (χ0) is 19.3. The van der Waals surface area contributed by atoms with E-state index in [1.165, 1.54) is 18.6 Å². The Morgan fingerprint density at radius 3 is 2.52 bits per heavy atom. The van der Waals surface area contributed by atoms with Gasteiger partial charge in [0.2, 0.25) is 5.91 Å². The fourth-order valence-corrected chi connectivity index (χ4v) is 4.59. The Hall–Kier alpha value is -1.91. The van der Waals surface area contributed by atoms with E-state index < -0.39 is 5.41 Å². The van der Waals surface area contributed by atoms with Gasteiger partial charge in [-0.25, -0.2) is 4.39 Å². The minimum atomic E-state index is -0.740. The maximum Gasteiger partial charge on any atom is 0.314 e. The van der Waals surface area contributed by atoms with E-state index in [0.29, 0.717) is 32.5 Å². The second-order valence-electron chi connectivity index (χ2n) is 8.00. The van der Waals surface area contributed by atoms with Crippen molar-refractivity contribution in [1.82, 2.24) is 4.90 Å². The van der Waals surface area contributed by atoms with Crippen LogP contribution < -0.4 is 0 Å². The molecule has 148 valence electrons. The molecule has 1 aliphatic heterocycles. The summed E-state index contributed by atoms with van der Waals surface area (Å²) in [5.74, 6) is -0.234. The minimum Gasteiger partial charge on any atom is -0.466 e. The number of likely N-dealkylation sites (tertiary alicyclic amines) is 1. The first-order chi connectivity index (χ1) is 13.0. The van der Waals surface area contributed by atoms with Crippen LogP contribution in [0.2, 0.25) is 0 Å². The van der Waals surface area contributed by atoms with Crippen molar-refractivity contribution in [3.05, 3.63) is 35.6 Å². The number of benzene rings is 1. The summed E-state index contributed by atoms with van der Waals surface area (Å²) in [4.78, 5) is 27.8. The van der Waals surface area contributed by atoms with Gasteiger partial charge >= 0.3 is 5.97 Å². The summed E-state index contributed by atoms with van der Waals surface area (Å²) >= 11 is 0. The van der Waals surface area contributed by atoms with E-state index in [-0.39, 0.29) is 23.6 Å². The maximum absolute atomic E-state index is 13.3. The molecule has 0 aromatic heterocycles. The van der Waals surface area contributed by atoms with Gasteiger partial charge in [0, 0.05) is 19.0 Å². The van der Waals surface area contributed by atoms with E-state index in [2.05, 4.69) is 0 Å². The molecule has 5 heteroatoms. The van der Waals surface area contributed by atoms with Crippen LogP contribution in [0, 0.1) is 17.2 Å². The quantitative estimate of drug-likeness (QED) is 0.727. The van der Waals surface area contributed by atoms with Crippen molar-refractivity contribution in [3.63, 3.8) is 0 Å². The molecule has 27 heavy (non-hydrogen) atoms. The summed E-state index contributed by atoms with van der Waals surface area (Å²) in [6.07, 6.45) is 7.31. The summed E-state index contributed by atoms with van der Waals surface area (Å²) in [6, 6.07) is 6.28. The van der Waals surface area contributed by atoms with Crippen LogP contribution in [0.1, 0.15) is 57.4 Å². The molecule has 1 aromatic rings. The predicted molar refractivity (Wildman–Crippen MR) is 102 cm³/mol. The normalized spacial score (nSPS) is 23.9. The second kappa shape index (κ2) is 8.85. The average Bonchev–Trinajstić information content (AvgIpc) is 2.70. The molecule has 4 nitrogen and oxygen atoms in total. The van der Waals surface area contributed by atoms with Crippen LogP contribution in [0.15, 0.2) is 24.3 Å². The third kappa shape index (κ3) is 4.69. The van der Waals surface area contributed by atoms with E-state index in [9.17, 15) is 14.0 Å². The average molecular weight is 375 g/mol. The zero-order valence-corrected chi connectivity index (χ0v) is 16.2. The van der Waals surface area contributed by atoms with Crippen molar-refractivity contribution in [2.45, 2.75) is 58.3 Å². The van der Waals surface area contributed by atoms with Gasteiger partial charge in [-0.15, -0.1) is 0 Å². The second-order valence-corrected chi connectivity index (χ2v) is 8.00. The molecular weight excluding hydrogens is 345 g/mol. The van der Waals surface area contributed by atoms with Crippen LogP contribution >= 0.6 is 0 Å². The van der Waals surface area contributed by atoms with Gasteiger partial charge in [-0.05, 0) is 56.7 Å². The molecule has 0 N–H and O–H groups in total. The van der Waals surface area contributed by atoms with Gasteiger partial charge in [-0.1, -0.05) is 31.4 Å². The molecule has 0 bridgehead atoms. The number of ether oxygens (including phenoxy) is 1. The smallest absolute Gasteiger partial charge is 0.314 e. The standard InChI is InChI=1S/C22H30FNO3/c1-2-27-21(26)22(15-17-9-11-19(23)12-10-17)13-6-14-24(16-22)20(25)18-7-4-3-5-8-18/h9-12,18H,2-8,13-16H2,1H3. The number of carbonyl (C=O) groups is 2. The molecule has 0 radical (unpaired) electrons. The van der Waals surface area contributed by atoms with Crippen molar-refractivity contribution >= 4 is 11.9 Å². The molecule has 1 heterocycles. The number of hydrogen-bond acceptors (Lipinski definition) is 3. The highest BCUT2D eigenvalue weighted by atomic mass is 19.1. The molecule has 1 atom stereocenters. The Balaban J connectivity index is 1.79. The van der Waals surface area contributed by atoms with Crippen molar-refractivity contribution < 1.29 is 18.7 Å². The number of rotatable bonds is 5. The van der Waals surface area contributed by atoms with Gasteiger partial charge in [-0.2, -0.15) is 0 Å². The first-order valence-corrected chi connectivity index (χ1v) is 10.2. The summed E-state index contributed by atoms with van der Waals surface area (Å²) in [7, 11) is 0. The lowest BCUT2D eigenvalue weighted by Crippen LogP contribution is -2.53. The molecule has 2 fully saturated rings. The lowest BCUT2D eigenvalue weighted by atomic mass is 9.74. The monoisotopic (exact) mass is 375 g/mol. The van der Waals surface area contributed by atoms with Crippen LogP contribution in [0.4, 0.5) is 4.39 Å². The molecule has 1 saturated heterocycles. The summed E-state index contributed by atoms with van der Waals surface area (Å²) in [6.45, 7) is 3.23. The van der Waals surface area contributed by atoms with E-state index >= 15 is 0 Å². The molecule has 3 rings (SSSR count). The molecule has 0 spiro atoms. The van der Waals surface area contributed by atoms with Crippen LogP contribution in [-0.4, -0.2) is 36.5 Å². The first-order valence-electron chi connectivity index (χ1n) is 10.2. The lowest BCUT2D eigenvalue weighted by molar-refractivity contribution is -0.161. The number of halogens is 1. The predicted octanol–water partition coefficient (Wildman–Crippen LogP) is 4.12. The number of hydrogen-bond donors (Lipinski definition) is 0. The van der Waals surface area contributed by atoms with E-state index in [0.717, 1.165) is 37.7 Å². The Bertz CT molecular complexity index is 654. The van der Waals surface area contributed by atoms with Gasteiger partial charge in [0.25, 0.3) is 0 Å². The van der Waals surface area contributed by atoms with Crippen molar-refractivity contribution in [1.29, 1.82) is 0 Å². The number of esters is 1. The van der Waals surface area contributed by atoms with Gasteiger partial charge in [0.1, 0.15) is 5.82 Å². The van der Waals surface area contributed by atoms with Gasteiger partial charge < -0.3 is 9.64 Å². The van der Waals surface area contributed by atoms with E-state index in [1.807, 2.05) is 4.90 Å². The summed E-state index contributed by atoms with van der Waals surface area (Å²) in [5, 5.41) is 0. The van der Waals surface area contributed by atoms with Crippen molar-refractivity contribution in [2.24, 2.45) is 11.3 Å². The number of nitrogens with zero attached hydrogens (tertiary/aromatic N) is 1. The highest BCUT2D eigenvalue weighted by molar-refractivity contribution is 5.82. The Kier molecular flexibility index (Phi) is 6.51. The van der Waals surface area contributed by atoms with Crippen molar-refractivity contribution in [2.75, 3.05) is 19.7 Å². The van der Waals surface area contributed by atoms with Gasteiger partial charge in [-0.3, -0.25) is 9.59 Å². The third-order valence-corrected chi connectivity index (χ3v) is 6.01. The fourth-order valence-electron chi connectivity index (χ4n) is 4.59. The minimum absolute atomic E-state index is 0.0996. The van der Waals surface area contributed by atoms with E-state index in [4.69, 9.17) is 4.74 Å². The number of piperidine rings is 1. The first kappa shape index (κ1) is 19.8. The van der Waals surface area contributed by atoms with E-state index in [1.54, 1.807) is 19.1 Å². The Morgan fingerprint density at radius 1 is 1.15 bits per heavy atom. The van der Waals surface area contributed by atoms with Crippen LogP contribution in [0.3, 0.4) is 0 Å². The fraction of sp³-hybridized carbons (Fsp3) is 0.636. The molecule has 1 aromatic carbocycles. The molecule has 1 amide bonds. The Labute approximate surface area is 161 Å².